The second kappa shape index (κ2) is 9.92. The van der Waals surface area contributed by atoms with Crippen molar-refractivity contribution in [3.05, 3.63) is 47.8 Å². The molecule has 1 aromatic carbocycles. The van der Waals surface area contributed by atoms with Gasteiger partial charge in [0.15, 0.2) is 5.96 Å². The van der Waals surface area contributed by atoms with Crippen LogP contribution in [0.15, 0.2) is 41.7 Å². The maximum atomic E-state index is 5.48. The summed E-state index contributed by atoms with van der Waals surface area (Å²) in [5.41, 5.74) is 2.44. The molecule has 1 aliphatic heterocycles. The number of rotatable bonds is 6. The monoisotopic (exact) mass is 382 g/mol. The Labute approximate surface area is 167 Å². The summed E-state index contributed by atoms with van der Waals surface area (Å²) >= 11 is 0. The van der Waals surface area contributed by atoms with E-state index in [1.807, 2.05) is 12.1 Å². The number of nitrogens with zero attached hydrogens (tertiary/aromatic N) is 5. The van der Waals surface area contributed by atoms with Crippen molar-refractivity contribution in [2.45, 2.75) is 20.3 Å². The first-order valence-electron chi connectivity index (χ1n) is 9.90. The molecule has 1 aromatic heterocycles. The van der Waals surface area contributed by atoms with E-state index in [-0.39, 0.29) is 0 Å². The summed E-state index contributed by atoms with van der Waals surface area (Å²) in [5.74, 6) is 2.71. The minimum absolute atomic E-state index is 0.726. The molecule has 0 amide bonds. The summed E-state index contributed by atoms with van der Waals surface area (Å²) in [5, 5.41) is 3.43. The van der Waals surface area contributed by atoms with Crippen LogP contribution in [0.2, 0.25) is 0 Å². The number of hydrogen-bond acceptors (Lipinski definition) is 5. The Morgan fingerprint density at radius 2 is 1.93 bits per heavy atom. The molecule has 0 unspecified atom stereocenters. The molecule has 0 bridgehead atoms. The fourth-order valence-corrected chi connectivity index (χ4v) is 3.38. The van der Waals surface area contributed by atoms with E-state index in [1.165, 1.54) is 11.1 Å². The van der Waals surface area contributed by atoms with Crippen LogP contribution in [0.5, 0.6) is 5.75 Å². The van der Waals surface area contributed by atoms with Gasteiger partial charge >= 0.3 is 0 Å². The van der Waals surface area contributed by atoms with Crippen LogP contribution in [-0.2, 0) is 6.42 Å². The van der Waals surface area contributed by atoms with Crippen molar-refractivity contribution < 1.29 is 4.74 Å². The number of aliphatic imine (C=N–C) groups is 1. The third-order valence-electron chi connectivity index (χ3n) is 4.83. The summed E-state index contributed by atoms with van der Waals surface area (Å²) in [6, 6.07) is 8.13. The zero-order valence-electron chi connectivity index (χ0n) is 17.1. The van der Waals surface area contributed by atoms with Crippen LogP contribution in [0.1, 0.15) is 18.1 Å². The van der Waals surface area contributed by atoms with E-state index in [1.54, 1.807) is 19.5 Å². The standard InChI is InChI=1S/C21H30N6O/c1-4-22-20(25-11-8-18-16-17(2)6-7-19(18)28-3)26-12-14-27(15-13-26)21-23-9-5-10-24-21/h5-7,9-10,16H,4,8,11-15H2,1-3H3,(H,22,25). The number of aryl methyl sites for hydroxylation is 1. The molecular weight excluding hydrogens is 352 g/mol. The highest BCUT2D eigenvalue weighted by Gasteiger charge is 2.21. The minimum atomic E-state index is 0.726. The third-order valence-corrected chi connectivity index (χ3v) is 4.83. The van der Waals surface area contributed by atoms with Crippen LogP contribution in [0.4, 0.5) is 5.95 Å². The van der Waals surface area contributed by atoms with Gasteiger partial charge in [-0.05, 0) is 38.0 Å². The lowest BCUT2D eigenvalue weighted by Crippen LogP contribution is -2.53. The van der Waals surface area contributed by atoms with Crippen LogP contribution in [-0.4, -0.2) is 67.2 Å². The van der Waals surface area contributed by atoms with Gasteiger partial charge in [0.1, 0.15) is 5.75 Å². The van der Waals surface area contributed by atoms with Gasteiger partial charge in [-0.3, -0.25) is 4.99 Å². The zero-order chi connectivity index (χ0) is 19.8. The van der Waals surface area contributed by atoms with Gasteiger partial charge < -0.3 is 19.9 Å². The second-order valence-corrected chi connectivity index (χ2v) is 6.82. The molecule has 7 heteroatoms. The van der Waals surface area contributed by atoms with Crippen LogP contribution in [0, 0.1) is 6.92 Å². The average molecular weight is 383 g/mol. The van der Waals surface area contributed by atoms with Crippen LogP contribution in [0.25, 0.3) is 0 Å². The number of nitrogens with one attached hydrogen (secondary N) is 1. The summed E-state index contributed by atoms with van der Waals surface area (Å²) in [6.07, 6.45) is 4.44. The molecule has 0 saturated carbocycles. The van der Waals surface area contributed by atoms with Gasteiger partial charge in [-0.1, -0.05) is 17.7 Å². The predicted octanol–water partition coefficient (Wildman–Crippen LogP) is 2.12. The van der Waals surface area contributed by atoms with Gasteiger partial charge in [-0.15, -0.1) is 0 Å². The Hall–Kier alpha value is -2.83. The van der Waals surface area contributed by atoms with Crippen molar-refractivity contribution in [2.24, 2.45) is 4.99 Å². The van der Waals surface area contributed by atoms with Gasteiger partial charge in [-0.2, -0.15) is 0 Å². The fourth-order valence-electron chi connectivity index (χ4n) is 3.38. The SMILES string of the molecule is CCNC(=NCCc1cc(C)ccc1OC)N1CCN(c2ncccn2)CC1. The van der Waals surface area contributed by atoms with Crippen molar-refractivity contribution in [1.82, 2.24) is 20.2 Å². The molecule has 1 saturated heterocycles. The number of benzene rings is 1. The number of ether oxygens (including phenoxy) is 1. The molecule has 2 heterocycles. The van der Waals surface area contributed by atoms with Crippen molar-refractivity contribution in [3.63, 3.8) is 0 Å². The number of hydrogen-bond donors (Lipinski definition) is 1. The Morgan fingerprint density at radius 3 is 2.61 bits per heavy atom. The lowest BCUT2D eigenvalue weighted by atomic mass is 10.1. The van der Waals surface area contributed by atoms with Crippen molar-refractivity contribution >= 4 is 11.9 Å². The third kappa shape index (κ3) is 5.12. The average Bonchev–Trinajstić information content (AvgIpc) is 2.74. The van der Waals surface area contributed by atoms with E-state index in [0.29, 0.717) is 0 Å². The summed E-state index contributed by atoms with van der Waals surface area (Å²) in [4.78, 5) is 18.1. The van der Waals surface area contributed by atoms with Crippen molar-refractivity contribution in [3.8, 4) is 5.75 Å². The quantitative estimate of drug-likeness (QED) is 0.610. The number of methoxy groups -OCH3 is 1. The van der Waals surface area contributed by atoms with Crippen LogP contribution >= 0.6 is 0 Å². The van der Waals surface area contributed by atoms with E-state index in [9.17, 15) is 0 Å². The first kappa shape index (κ1) is 19.9. The smallest absolute Gasteiger partial charge is 0.225 e. The Morgan fingerprint density at radius 1 is 1.18 bits per heavy atom. The first-order valence-corrected chi connectivity index (χ1v) is 9.90. The maximum absolute atomic E-state index is 5.48. The second-order valence-electron chi connectivity index (χ2n) is 6.82. The van der Waals surface area contributed by atoms with Gasteiger partial charge in [0.2, 0.25) is 5.95 Å². The number of anilines is 1. The Balaban J connectivity index is 1.60. The lowest BCUT2D eigenvalue weighted by molar-refractivity contribution is 0.370. The highest BCUT2D eigenvalue weighted by Crippen LogP contribution is 2.20. The molecule has 7 nitrogen and oxygen atoms in total. The molecule has 1 aliphatic rings. The van der Waals surface area contributed by atoms with Gasteiger partial charge in [-0.25, -0.2) is 9.97 Å². The van der Waals surface area contributed by atoms with E-state index in [0.717, 1.165) is 63.3 Å². The summed E-state index contributed by atoms with van der Waals surface area (Å²) < 4.78 is 5.48. The van der Waals surface area contributed by atoms with E-state index in [2.05, 4.69) is 51.1 Å². The molecule has 3 rings (SSSR count). The van der Waals surface area contributed by atoms with E-state index in [4.69, 9.17) is 9.73 Å². The minimum Gasteiger partial charge on any atom is -0.496 e. The first-order chi connectivity index (χ1) is 13.7. The number of aromatic nitrogens is 2. The van der Waals surface area contributed by atoms with Crippen molar-refractivity contribution in [2.75, 3.05) is 51.3 Å². The predicted molar refractivity (Wildman–Crippen MR) is 113 cm³/mol. The van der Waals surface area contributed by atoms with E-state index >= 15 is 0 Å². The van der Waals surface area contributed by atoms with E-state index < -0.39 is 0 Å². The molecule has 28 heavy (non-hydrogen) atoms. The molecular formula is C21H30N6O. The normalized spacial score (nSPS) is 14.9. The summed E-state index contributed by atoms with van der Waals surface area (Å²) in [6.45, 7) is 9.37. The van der Waals surface area contributed by atoms with Crippen molar-refractivity contribution in [1.29, 1.82) is 0 Å². The molecule has 1 fully saturated rings. The van der Waals surface area contributed by atoms with Crippen LogP contribution in [0.3, 0.4) is 0 Å². The molecule has 0 spiro atoms. The zero-order valence-corrected chi connectivity index (χ0v) is 17.1. The Kier molecular flexibility index (Phi) is 7.06. The molecule has 150 valence electrons. The molecule has 1 N–H and O–H groups in total. The number of piperazine rings is 1. The molecule has 0 atom stereocenters. The fraction of sp³-hybridized carbons (Fsp3) is 0.476. The Bertz CT molecular complexity index is 772. The maximum Gasteiger partial charge on any atom is 0.225 e. The van der Waals surface area contributed by atoms with Gasteiger partial charge in [0.25, 0.3) is 0 Å². The molecule has 2 aromatic rings. The number of guanidine groups is 1. The van der Waals surface area contributed by atoms with Gasteiger partial charge in [0.05, 0.1) is 7.11 Å². The highest BCUT2D eigenvalue weighted by atomic mass is 16.5. The molecule has 0 aliphatic carbocycles. The lowest BCUT2D eigenvalue weighted by Gasteiger charge is -2.36. The largest absolute Gasteiger partial charge is 0.496 e. The topological polar surface area (TPSA) is 65.9 Å². The highest BCUT2D eigenvalue weighted by molar-refractivity contribution is 5.80. The van der Waals surface area contributed by atoms with Crippen LogP contribution < -0.4 is 15.0 Å². The summed E-state index contributed by atoms with van der Waals surface area (Å²) in [7, 11) is 1.72. The molecule has 0 radical (unpaired) electrons. The van der Waals surface area contributed by atoms with Gasteiger partial charge in [0, 0.05) is 51.7 Å².